The molecule has 0 atom stereocenters. The summed E-state index contributed by atoms with van der Waals surface area (Å²) in [4.78, 5) is 2.35. The van der Waals surface area contributed by atoms with Gasteiger partial charge < -0.3 is 13.9 Å². The van der Waals surface area contributed by atoms with Gasteiger partial charge in [-0.1, -0.05) is 188 Å². The van der Waals surface area contributed by atoms with E-state index in [1.807, 2.05) is 0 Å². The van der Waals surface area contributed by atoms with Crippen LogP contribution in [0.1, 0.15) is 0 Å². The summed E-state index contributed by atoms with van der Waals surface area (Å²) in [6, 6.07) is 96.7. The molecule has 0 saturated carbocycles. The van der Waals surface area contributed by atoms with E-state index < -0.39 is 0 Å². The lowest BCUT2D eigenvalue weighted by atomic mass is 9.96. The first-order chi connectivity index (χ1) is 35.2. The lowest BCUT2D eigenvalue weighted by Gasteiger charge is -2.26. The number of para-hydroxylation sites is 2. The van der Waals surface area contributed by atoms with Crippen LogP contribution in [0.5, 0.6) is 0 Å². The highest BCUT2D eigenvalue weighted by molar-refractivity contribution is 6.15. The van der Waals surface area contributed by atoms with Gasteiger partial charge in [0.15, 0.2) is 0 Å². The molecule has 0 radical (unpaired) electrons. The summed E-state index contributed by atoms with van der Waals surface area (Å²) in [7, 11) is 0. The minimum absolute atomic E-state index is 0.897. The summed E-state index contributed by atoms with van der Waals surface area (Å²) in [6.45, 7) is 0. The number of nitrogens with zero attached hydrogens (tertiary/aromatic N) is 2. The minimum Gasteiger partial charge on any atom is -0.455 e. The van der Waals surface area contributed by atoms with Crippen molar-refractivity contribution in [2.75, 3.05) is 4.90 Å². The molecule has 2 heterocycles. The third-order valence-electron chi connectivity index (χ3n) is 14.4. The van der Waals surface area contributed by atoms with Gasteiger partial charge in [-0.15, -0.1) is 0 Å². The summed E-state index contributed by atoms with van der Waals surface area (Å²) in [5.41, 5.74) is 18.0. The van der Waals surface area contributed by atoms with Gasteiger partial charge in [0.05, 0.1) is 11.0 Å². The first kappa shape index (κ1) is 40.6. The van der Waals surface area contributed by atoms with Gasteiger partial charge in [-0.25, -0.2) is 0 Å². The van der Waals surface area contributed by atoms with E-state index in [1.165, 1.54) is 60.2 Å². The fourth-order valence-electron chi connectivity index (χ4n) is 10.9. The molecule has 0 aliphatic heterocycles. The van der Waals surface area contributed by atoms with Crippen molar-refractivity contribution in [1.82, 2.24) is 4.57 Å². The van der Waals surface area contributed by atoms with E-state index in [-0.39, 0.29) is 0 Å². The number of hydrogen-bond donors (Lipinski definition) is 0. The number of aromatic nitrogens is 1. The van der Waals surface area contributed by atoms with Gasteiger partial charge in [0.2, 0.25) is 0 Å². The molecule has 0 amide bonds. The standard InChI is InChI=1S/C68H44N2O/c1-3-16-58-49(11-1)13-10-20-59(58)51-25-23-45(24-26-51)46-27-35-54(36-28-46)69(56-39-31-48(32-40-56)53-34-42-67-64(44-53)63-41-33-50-12-2-4-17-60(50)68(63)71-67)55-37-29-47(30-38-55)52-14-9-15-57(43-52)70-65-21-7-5-18-61(65)62-19-6-8-22-66(62)70/h1-44H. The first-order valence-electron chi connectivity index (χ1n) is 24.3. The van der Waals surface area contributed by atoms with Gasteiger partial charge in [-0.3, -0.25) is 0 Å². The van der Waals surface area contributed by atoms with Crippen LogP contribution in [0.3, 0.4) is 0 Å². The zero-order chi connectivity index (χ0) is 46.8. The SMILES string of the molecule is c1cc(-c2ccc(N(c3ccc(-c4ccc(-c5cccc6ccccc56)cc4)cc3)c3ccc(-c4ccc5oc6c7ccccc7ccc6c5c4)cc3)cc2)cc(-n2c3ccccc3c3ccccc32)c1. The monoisotopic (exact) mass is 904 g/mol. The number of furan rings is 1. The van der Waals surface area contributed by atoms with Crippen LogP contribution in [-0.4, -0.2) is 4.57 Å². The molecule has 0 aliphatic rings. The first-order valence-corrected chi connectivity index (χ1v) is 24.3. The quantitative estimate of drug-likeness (QED) is 0.151. The summed E-state index contributed by atoms with van der Waals surface area (Å²) in [5, 5.41) is 9.61. The van der Waals surface area contributed by atoms with E-state index in [9.17, 15) is 0 Å². The van der Waals surface area contributed by atoms with Crippen molar-refractivity contribution in [2.24, 2.45) is 0 Å². The third kappa shape index (κ3) is 6.97. The Labute approximate surface area is 411 Å². The van der Waals surface area contributed by atoms with Gasteiger partial charge >= 0.3 is 0 Å². The summed E-state index contributed by atoms with van der Waals surface area (Å²) >= 11 is 0. The zero-order valence-electron chi connectivity index (χ0n) is 38.7. The largest absolute Gasteiger partial charge is 0.455 e. The third-order valence-corrected chi connectivity index (χ3v) is 14.4. The molecule has 0 aliphatic carbocycles. The van der Waals surface area contributed by atoms with Gasteiger partial charge in [0.1, 0.15) is 11.2 Å². The molecule has 3 nitrogen and oxygen atoms in total. The van der Waals surface area contributed by atoms with Crippen LogP contribution >= 0.6 is 0 Å². The molecule has 2 aromatic heterocycles. The molecule has 0 N–H and O–H groups in total. The van der Waals surface area contributed by atoms with E-state index in [0.717, 1.165) is 72.3 Å². The molecule has 0 unspecified atom stereocenters. The Morgan fingerprint density at radius 3 is 1.38 bits per heavy atom. The topological polar surface area (TPSA) is 21.3 Å². The van der Waals surface area contributed by atoms with Crippen molar-refractivity contribution in [2.45, 2.75) is 0 Å². The van der Waals surface area contributed by atoms with Gasteiger partial charge in [-0.05, 0) is 140 Å². The van der Waals surface area contributed by atoms with Crippen molar-refractivity contribution in [1.29, 1.82) is 0 Å². The van der Waals surface area contributed by atoms with Crippen LogP contribution in [-0.2, 0) is 0 Å². The van der Waals surface area contributed by atoms with E-state index in [0.29, 0.717) is 0 Å². The molecule has 14 rings (SSSR count). The van der Waals surface area contributed by atoms with Crippen molar-refractivity contribution in [3.63, 3.8) is 0 Å². The predicted molar refractivity (Wildman–Crippen MR) is 299 cm³/mol. The second-order valence-electron chi connectivity index (χ2n) is 18.5. The maximum absolute atomic E-state index is 6.46. The van der Waals surface area contributed by atoms with Crippen LogP contribution in [0.25, 0.3) is 115 Å². The van der Waals surface area contributed by atoms with Crippen LogP contribution < -0.4 is 4.90 Å². The average molecular weight is 905 g/mol. The normalized spacial score (nSPS) is 11.7. The second kappa shape index (κ2) is 16.7. The van der Waals surface area contributed by atoms with Crippen LogP contribution in [0.15, 0.2) is 271 Å². The average Bonchev–Trinajstić information content (AvgIpc) is 4.00. The van der Waals surface area contributed by atoms with Gasteiger partial charge in [0.25, 0.3) is 0 Å². The summed E-state index contributed by atoms with van der Waals surface area (Å²) in [6.07, 6.45) is 0. The molecule has 0 saturated heterocycles. The smallest absolute Gasteiger partial charge is 0.143 e. The van der Waals surface area contributed by atoms with Crippen LogP contribution in [0, 0.1) is 0 Å². The fourth-order valence-corrected chi connectivity index (χ4v) is 10.9. The van der Waals surface area contributed by atoms with Crippen molar-refractivity contribution >= 4 is 82.4 Å². The van der Waals surface area contributed by atoms with E-state index in [1.54, 1.807) is 0 Å². The van der Waals surface area contributed by atoms with Crippen LogP contribution in [0.2, 0.25) is 0 Å². The second-order valence-corrected chi connectivity index (χ2v) is 18.5. The van der Waals surface area contributed by atoms with E-state index >= 15 is 0 Å². The fraction of sp³-hybridized carbons (Fsp3) is 0. The minimum atomic E-state index is 0.897. The number of hydrogen-bond acceptors (Lipinski definition) is 2. The Kier molecular flexibility index (Phi) is 9.53. The molecule has 71 heavy (non-hydrogen) atoms. The molecule has 3 heteroatoms. The molecule has 0 fully saturated rings. The number of fused-ring (bicyclic) bond motifs is 9. The lowest BCUT2D eigenvalue weighted by Crippen LogP contribution is -2.09. The predicted octanol–water partition coefficient (Wildman–Crippen LogP) is 19.1. The Balaban J connectivity index is 0.816. The molecule has 332 valence electrons. The Morgan fingerprint density at radius 2 is 0.746 bits per heavy atom. The number of benzene rings is 12. The highest BCUT2D eigenvalue weighted by atomic mass is 16.3. The van der Waals surface area contributed by atoms with Gasteiger partial charge in [-0.2, -0.15) is 0 Å². The molecule has 0 bridgehead atoms. The Bertz CT molecular complexity index is 4250. The number of anilines is 3. The highest BCUT2D eigenvalue weighted by Crippen LogP contribution is 2.41. The molecule has 14 aromatic rings. The maximum atomic E-state index is 6.46. The Morgan fingerprint density at radius 1 is 0.282 bits per heavy atom. The summed E-state index contributed by atoms with van der Waals surface area (Å²) in [5.74, 6) is 0. The van der Waals surface area contributed by atoms with Crippen molar-refractivity contribution in [3.8, 4) is 50.2 Å². The van der Waals surface area contributed by atoms with E-state index in [2.05, 4.69) is 276 Å². The van der Waals surface area contributed by atoms with E-state index in [4.69, 9.17) is 4.42 Å². The molecule has 12 aromatic carbocycles. The lowest BCUT2D eigenvalue weighted by molar-refractivity contribution is 0.672. The Hall–Kier alpha value is -9.44. The van der Waals surface area contributed by atoms with Gasteiger partial charge in [0, 0.05) is 49.7 Å². The van der Waals surface area contributed by atoms with Crippen molar-refractivity contribution in [3.05, 3.63) is 267 Å². The molecule has 0 spiro atoms. The van der Waals surface area contributed by atoms with Crippen LogP contribution in [0.4, 0.5) is 17.1 Å². The highest BCUT2D eigenvalue weighted by Gasteiger charge is 2.17. The zero-order valence-corrected chi connectivity index (χ0v) is 38.7. The molecular formula is C68H44N2O. The van der Waals surface area contributed by atoms with Crippen molar-refractivity contribution < 1.29 is 4.42 Å². The summed E-state index contributed by atoms with van der Waals surface area (Å²) < 4.78 is 8.84. The molecular weight excluding hydrogens is 861 g/mol. The maximum Gasteiger partial charge on any atom is 0.143 e. The number of rotatable bonds is 8.